The van der Waals surface area contributed by atoms with Gasteiger partial charge in [-0.05, 0) is 24.0 Å². The molecule has 0 amide bonds. The number of fused-ring (bicyclic) bond motifs is 1. The number of pyridine rings is 1. The standard InChI is InChI=1S/C16H20F2N2/c1-4-8-19-13-9-14(16(17)18)20-15-11(10(2)3)6-5-7-12(13)15/h5-7,9-10,16H,4,8H2,1-3H3,(H,19,20). The minimum atomic E-state index is -2.55. The van der Waals surface area contributed by atoms with Crippen molar-refractivity contribution in [3.05, 3.63) is 35.5 Å². The van der Waals surface area contributed by atoms with Crippen LogP contribution in [0, 0.1) is 0 Å². The maximum absolute atomic E-state index is 13.0. The summed E-state index contributed by atoms with van der Waals surface area (Å²) < 4.78 is 26.1. The van der Waals surface area contributed by atoms with Crippen LogP contribution in [0.2, 0.25) is 0 Å². The SMILES string of the molecule is CCCNc1cc(C(F)F)nc2c(C(C)C)cccc12. The molecule has 2 rings (SSSR count). The monoisotopic (exact) mass is 278 g/mol. The predicted molar refractivity (Wildman–Crippen MR) is 79.6 cm³/mol. The van der Waals surface area contributed by atoms with E-state index in [0.717, 1.165) is 29.6 Å². The molecule has 0 saturated heterocycles. The Kier molecular flexibility index (Phi) is 4.53. The lowest BCUT2D eigenvalue weighted by atomic mass is 9.98. The van der Waals surface area contributed by atoms with Gasteiger partial charge < -0.3 is 5.32 Å². The number of nitrogens with zero attached hydrogens (tertiary/aromatic N) is 1. The van der Waals surface area contributed by atoms with Crippen LogP contribution in [0.4, 0.5) is 14.5 Å². The molecule has 0 saturated carbocycles. The van der Waals surface area contributed by atoms with Gasteiger partial charge in [-0.3, -0.25) is 0 Å². The number of anilines is 1. The summed E-state index contributed by atoms with van der Waals surface area (Å²) in [6.07, 6.45) is -1.61. The summed E-state index contributed by atoms with van der Waals surface area (Å²) in [5.41, 5.74) is 2.27. The van der Waals surface area contributed by atoms with Gasteiger partial charge in [-0.25, -0.2) is 13.8 Å². The molecule has 0 radical (unpaired) electrons. The molecule has 0 fully saturated rings. The molecule has 20 heavy (non-hydrogen) atoms. The van der Waals surface area contributed by atoms with Crippen molar-refractivity contribution >= 4 is 16.6 Å². The van der Waals surface area contributed by atoms with Crippen LogP contribution in [0.1, 0.15) is 50.8 Å². The predicted octanol–water partition coefficient (Wildman–Crippen LogP) is 5.12. The Hall–Kier alpha value is -1.71. The molecule has 1 aromatic carbocycles. The van der Waals surface area contributed by atoms with Crippen LogP contribution in [0.3, 0.4) is 0 Å². The number of nitrogens with one attached hydrogen (secondary N) is 1. The first-order valence-electron chi connectivity index (χ1n) is 7.00. The zero-order valence-corrected chi connectivity index (χ0v) is 12.1. The summed E-state index contributed by atoms with van der Waals surface area (Å²) >= 11 is 0. The Morgan fingerprint density at radius 2 is 2.00 bits per heavy atom. The van der Waals surface area contributed by atoms with Crippen molar-refractivity contribution in [2.24, 2.45) is 0 Å². The molecule has 108 valence electrons. The van der Waals surface area contributed by atoms with Crippen molar-refractivity contribution in [3.63, 3.8) is 0 Å². The summed E-state index contributed by atoms with van der Waals surface area (Å²) in [5.74, 6) is 0.248. The highest BCUT2D eigenvalue weighted by Crippen LogP contribution is 2.32. The van der Waals surface area contributed by atoms with Crippen LogP contribution in [0.25, 0.3) is 10.9 Å². The number of benzene rings is 1. The van der Waals surface area contributed by atoms with E-state index in [2.05, 4.69) is 10.3 Å². The van der Waals surface area contributed by atoms with Gasteiger partial charge in [0, 0.05) is 17.6 Å². The topological polar surface area (TPSA) is 24.9 Å². The number of hydrogen-bond donors (Lipinski definition) is 1. The van der Waals surface area contributed by atoms with Gasteiger partial charge in [-0.2, -0.15) is 0 Å². The van der Waals surface area contributed by atoms with Gasteiger partial charge in [0.2, 0.25) is 0 Å². The van der Waals surface area contributed by atoms with Gasteiger partial charge >= 0.3 is 0 Å². The number of rotatable bonds is 5. The van der Waals surface area contributed by atoms with E-state index in [9.17, 15) is 8.78 Å². The largest absolute Gasteiger partial charge is 0.384 e. The molecule has 0 spiro atoms. The van der Waals surface area contributed by atoms with Gasteiger partial charge in [0.05, 0.1) is 5.52 Å². The van der Waals surface area contributed by atoms with Gasteiger partial charge in [0.15, 0.2) is 0 Å². The zero-order valence-electron chi connectivity index (χ0n) is 12.1. The second-order valence-corrected chi connectivity index (χ2v) is 5.22. The minimum Gasteiger partial charge on any atom is -0.384 e. The molecular formula is C16H20F2N2. The molecule has 1 heterocycles. The van der Waals surface area contributed by atoms with Gasteiger partial charge in [0.25, 0.3) is 6.43 Å². The van der Waals surface area contributed by atoms with Crippen LogP contribution in [-0.2, 0) is 0 Å². The smallest absolute Gasteiger partial charge is 0.280 e. The quantitative estimate of drug-likeness (QED) is 0.821. The van der Waals surface area contributed by atoms with Crippen molar-refractivity contribution in [1.29, 1.82) is 0 Å². The fraction of sp³-hybridized carbons (Fsp3) is 0.438. The molecule has 4 heteroatoms. The lowest BCUT2D eigenvalue weighted by Crippen LogP contribution is -2.04. The lowest BCUT2D eigenvalue weighted by Gasteiger charge is -2.15. The highest BCUT2D eigenvalue weighted by molar-refractivity contribution is 5.93. The van der Waals surface area contributed by atoms with Crippen molar-refractivity contribution in [1.82, 2.24) is 4.98 Å². The van der Waals surface area contributed by atoms with Crippen LogP contribution in [-0.4, -0.2) is 11.5 Å². The third-order valence-corrected chi connectivity index (χ3v) is 3.30. The van der Waals surface area contributed by atoms with Crippen LogP contribution < -0.4 is 5.32 Å². The van der Waals surface area contributed by atoms with E-state index >= 15 is 0 Å². The normalized spacial score (nSPS) is 11.6. The van der Waals surface area contributed by atoms with Gasteiger partial charge in [-0.1, -0.05) is 39.0 Å². The molecule has 1 N–H and O–H groups in total. The minimum absolute atomic E-state index is 0.163. The van der Waals surface area contributed by atoms with Crippen molar-refractivity contribution in [3.8, 4) is 0 Å². The Labute approximate surface area is 118 Å². The molecule has 0 aliphatic rings. The van der Waals surface area contributed by atoms with Crippen LogP contribution in [0.5, 0.6) is 0 Å². The fourth-order valence-electron chi connectivity index (χ4n) is 2.27. The van der Waals surface area contributed by atoms with E-state index in [-0.39, 0.29) is 11.6 Å². The van der Waals surface area contributed by atoms with E-state index in [1.54, 1.807) is 0 Å². The summed E-state index contributed by atoms with van der Waals surface area (Å²) in [6, 6.07) is 7.31. The van der Waals surface area contributed by atoms with Crippen LogP contribution >= 0.6 is 0 Å². The third kappa shape index (κ3) is 2.89. The summed E-state index contributed by atoms with van der Waals surface area (Å²) in [7, 11) is 0. The second kappa shape index (κ2) is 6.16. The summed E-state index contributed by atoms with van der Waals surface area (Å²) in [6.45, 7) is 6.90. The van der Waals surface area contributed by atoms with E-state index < -0.39 is 6.43 Å². The molecule has 2 nitrogen and oxygen atoms in total. The molecule has 0 unspecified atom stereocenters. The number of halogens is 2. The average Bonchev–Trinajstić information content (AvgIpc) is 2.43. The van der Waals surface area contributed by atoms with Crippen molar-refractivity contribution in [2.45, 2.75) is 39.5 Å². The molecule has 0 aliphatic heterocycles. The van der Waals surface area contributed by atoms with E-state index in [1.165, 1.54) is 6.07 Å². The first-order chi connectivity index (χ1) is 9.54. The molecule has 1 aromatic heterocycles. The second-order valence-electron chi connectivity index (χ2n) is 5.22. The average molecular weight is 278 g/mol. The van der Waals surface area contributed by atoms with Crippen LogP contribution in [0.15, 0.2) is 24.3 Å². The van der Waals surface area contributed by atoms with Crippen molar-refractivity contribution in [2.75, 3.05) is 11.9 Å². The maximum Gasteiger partial charge on any atom is 0.280 e. The first kappa shape index (κ1) is 14.7. The maximum atomic E-state index is 13.0. The molecule has 2 aromatic rings. The number of para-hydroxylation sites is 1. The number of hydrogen-bond acceptors (Lipinski definition) is 2. The van der Waals surface area contributed by atoms with Crippen molar-refractivity contribution < 1.29 is 8.78 Å². The number of alkyl halides is 2. The molecular weight excluding hydrogens is 258 g/mol. The Morgan fingerprint density at radius 3 is 2.60 bits per heavy atom. The Bertz CT molecular complexity index is 594. The van der Waals surface area contributed by atoms with E-state index in [4.69, 9.17) is 0 Å². The van der Waals surface area contributed by atoms with E-state index in [0.29, 0.717) is 5.52 Å². The van der Waals surface area contributed by atoms with Gasteiger partial charge in [0.1, 0.15) is 5.69 Å². The highest BCUT2D eigenvalue weighted by Gasteiger charge is 2.16. The van der Waals surface area contributed by atoms with Gasteiger partial charge in [-0.15, -0.1) is 0 Å². The van der Waals surface area contributed by atoms with E-state index in [1.807, 2.05) is 39.0 Å². The summed E-state index contributed by atoms with van der Waals surface area (Å²) in [5, 5.41) is 4.14. The Balaban J connectivity index is 2.66. The lowest BCUT2D eigenvalue weighted by molar-refractivity contribution is 0.146. The molecule has 0 atom stereocenters. The third-order valence-electron chi connectivity index (χ3n) is 3.30. The highest BCUT2D eigenvalue weighted by atomic mass is 19.3. The molecule has 0 bridgehead atoms. The summed E-state index contributed by atoms with van der Waals surface area (Å²) in [4.78, 5) is 4.17. The molecule has 0 aliphatic carbocycles. The number of aromatic nitrogens is 1. The first-order valence-corrected chi connectivity index (χ1v) is 7.00. The Morgan fingerprint density at radius 1 is 1.25 bits per heavy atom. The zero-order chi connectivity index (χ0) is 14.7. The fourth-order valence-corrected chi connectivity index (χ4v) is 2.27.